The van der Waals surface area contributed by atoms with E-state index in [4.69, 9.17) is 0 Å². The number of nitrogens with zero attached hydrogens (tertiary/aromatic N) is 1. The largest absolute Gasteiger partial charge is 0.417 e. The molecule has 0 saturated heterocycles. The predicted molar refractivity (Wildman–Crippen MR) is 102 cm³/mol. The zero-order chi connectivity index (χ0) is 21.2. The summed E-state index contributed by atoms with van der Waals surface area (Å²) in [5.41, 5.74) is -0.278. The summed E-state index contributed by atoms with van der Waals surface area (Å²) in [7, 11) is -4.60. The normalized spacial score (nSPS) is 13.2. The minimum absolute atomic E-state index is 0.405. The van der Waals surface area contributed by atoms with Crippen LogP contribution >= 0.6 is 0 Å². The van der Waals surface area contributed by atoms with E-state index < -0.39 is 38.6 Å². The molecule has 2 N–H and O–H groups in total. The Kier molecular flexibility index (Phi) is 5.58. The van der Waals surface area contributed by atoms with Crippen LogP contribution in [0.25, 0.3) is 10.9 Å². The number of fused-ring (bicyclic) bond motifs is 1. The smallest absolute Gasteiger partial charge is 0.324 e. The zero-order valence-corrected chi connectivity index (χ0v) is 15.9. The van der Waals surface area contributed by atoms with Crippen LogP contribution in [0.5, 0.6) is 0 Å². The lowest BCUT2D eigenvalue weighted by Gasteiger charge is -2.17. The Labute approximate surface area is 164 Å². The Hall–Kier alpha value is -2.98. The summed E-state index contributed by atoms with van der Waals surface area (Å²) in [6.45, 7) is 1.24. The van der Waals surface area contributed by atoms with Gasteiger partial charge < -0.3 is 5.32 Å². The maximum absolute atomic E-state index is 13.1. The standard InChI is InChI=1S/C19H16F3N3O3S/c1-12(18(26)24-16-9-4-8-15-13(16)6-5-11-23-15)25-29(27,28)17-10-3-2-7-14(17)19(20,21)22/h2-12,25H,1H3,(H,24,26). The lowest BCUT2D eigenvalue weighted by atomic mass is 10.1. The second kappa shape index (κ2) is 7.80. The lowest BCUT2D eigenvalue weighted by molar-refractivity contribution is -0.139. The summed E-state index contributed by atoms with van der Waals surface area (Å²) in [6, 6.07) is 10.9. The Morgan fingerprint density at radius 1 is 1.03 bits per heavy atom. The molecule has 10 heteroatoms. The van der Waals surface area contributed by atoms with E-state index in [0.717, 1.165) is 12.1 Å². The van der Waals surface area contributed by atoms with Gasteiger partial charge in [0.2, 0.25) is 15.9 Å². The maximum Gasteiger partial charge on any atom is 0.417 e. The number of aromatic nitrogens is 1. The first-order valence-electron chi connectivity index (χ1n) is 8.43. The van der Waals surface area contributed by atoms with Crippen molar-refractivity contribution in [2.24, 2.45) is 0 Å². The van der Waals surface area contributed by atoms with Crippen molar-refractivity contribution < 1.29 is 26.4 Å². The fraction of sp³-hybridized carbons (Fsp3) is 0.158. The first-order valence-corrected chi connectivity index (χ1v) is 9.91. The average molecular weight is 423 g/mol. The van der Waals surface area contributed by atoms with Crippen LogP contribution in [0.2, 0.25) is 0 Å². The van der Waals surface area contributed by atoms with Gasteiger partial charge in [-0.1, -0.05) is 18.2 Å². The number of sulfonamides is 1. The summed E-state index contributed by atoms with van der Waals surface area (Å²) in [4.78, 5) is 15.7. The van der Waals surface area contributed by atoms with Crippen molar-refractivity contribution in [1.29, 1.82) is 0 Å². The molecule has 1 atom stereocenters. The van der Waals surface area contributed by atoms with Crippen molar-refractivity contribution in [3.05, 3.63) is 66.4 Å². The number of anilines is 1. The molecule has 152 valence electrons. The van der Waals surface area contributed by atoms with E-state index in [2.05, 4.69) is 10.3 Å². The second-order valence-corrected chi connectivity index (χ2v) is 7.88. The highest BCUT2D eigenvalue weighted by molar-refractivity contribution is 7.89. The molecule has 0 fully saturated rings. The highest BCUT2D eigenvalue weighted by atomic mass is 32.2. The molecule has 0 spiro atoms. The Morgan fingerprint density at radius 2 is 1.76 bits per heavy atom. The molecule has 1 aromatic heterocycles. The van der Waals surface area contributed by atoms with Gasteiger partial charge in [-0.25, -0.2) is 8.42 Å². The van der Waals surface area contributed by atoms with Crippen LogP contribution in [0.3, 0.4) is 0 Å². The van der Waals surface area contributed by atoms with Crippen LogP contribution in [0.15, 0.2) is 65.7 Å². The van der Waals surface area contributed by atoms with Gasteiger partial charge in [-0.05, 0) is 43.3 Å². The quantitative estimate of drug-likeness (QED) is 0.657. The number of benzene rings is 2. The Bertz CT molecular complexity index is 1160. The van der Waals surface area contributed by atoms with Crippen molar-refractivity contribution in [2.75, 3.05) is 5.32 Å². The van der Waals surface area contributed by atoms with Crippen LogP contribution in [0, 0.1) is 0 Å². The number of rotatable bonds is 5. The van der Waals surface area contributed by atoms with Gasteiger partial charge in [0, 0.05) is 11.6 Å². The molecule has 0 aliphatic rings. The summed E-state index contributed by atoms with van der Waals surface area (Å²) in [6.07, 6.45) is -3.27. The van der Waals surface area contributed by atoms with Crippen LogP contribution in [-0.2, 0) is 21.0 Å². The number of hydrogen-bond donors (Lipinski definition) is 2. The molecule has 0 aliphatic carbocycles. The topological polar surface area (TPSA) is 88.2 Å². The molecule has 29 heavy (non-hydrogen) atoms. The van der Waals surface area contributed by atoms with E-state index in [9.17, 15) is 26.4 Å². The maximum atomic E-state index is 13.1. The van der Waals surface area contributed by atoms with Gasteiger partial charge in [0.15, 0.2) is 0 Å². The summed E-state index contributed by atoms with van der Waals surface area (Å²) in [5.74, 6) is -0.727. The fourth-order valence-corrected chi connectivity index (χ4v) is 4.17. The SMILES string of the molecule is CC(NS(=O)(=O)c1ccccc1C(F)(F)F)C(=O)Nc1cccc2ncccc12. The molecule has 0 aliphatic heterocycles. The van der Waals surface area contributed by atoms with E-state index >= 15 is 0 Å². The molecule has 1 amide bonds. The number of hydrogen-bond acceptors (Lipinski definition) is 4. The molecule has 1 heterocycles. The third-order valence-corrected chi connectivity index (χ3v) is 5.71. The van der Waals surface area contributed by atoms with E-state index in [1.165, 1.54) is 13.0 Å². The first-order chi connectivity index (χ1) is 13.6. The monoisotopic (exact) mass is 423 g/mol. The zero-order valence-electron chi connectivity index (χ0n) is 15.1. The number of amides is 1. The van der Waals surface area contributed by atoms with Gasteiger partial charge in [-0.3, -0.25) is 9.78 Å². The van der Waals surface area contributed by atoms with Crippen molar-refractivity contribution in [1.82, 2.24) is 9.71 Å². The van der Waals surface area contributed by atoms with Crippen LogP contribution in [-0.4, -0.2) is 25.4 Å². The molecule has 0 bridgehead atoms. The fourth-order valence-electron chi connectivity index (χ4n) is 2.74. The third-order valence-electron chi connectivity index (χ3n) is 4.11. The number of alkyl halides is 3. The average Bonchev–Trinajstić information content (AvgIpc) is 2.67. The Balaban J connectivity index is 1.83. The van der Waals surface area contributed by atoms with E-state index in [1.807, 2.05) is 4.72 Å². The van der Waals surface area contributed by atoms with E-state index in [0.29, 0.717) is 22.7 Å². The van der Waals surface area contributed by atoms with Crippen LogP contribution in [0.4, 0.5) is 18.9 Å². The molecule has 1 unspecified atom stereocenters. The summed E-state index contributed by atoms with van der Waals surface area (Å²) >= 11 is 0. The van der Waals surface area contributed by atoms with Gasteiger partial charge in [0.25, 0.3) is 0 Å². The predicted octanol–water partition coefficient (Wildman–Crippen LogP) is 3.56. The third kappa shape index (κ3) is 4.54. The second-order valence-electron chi connectivity index (χ2n) is 6.20. The molecule has 0 radical (unpaired) electrons. The minimum atomic E-state index is -4.85. The molecule has 2 aromatic carbocycles. The number of carbonyl (C=O) groups excluding carboxylic acids is 1. The van der Waals surface area contributed by atoms with Crippen molar-refractivity contribution in [2.45, 2.75) is 24.0 Å². The van der Waals surface area contributed by atoms with Gasteiger partial charge >= 0.3 is 6.18 Å². The molecule has 3 rings (SSSR count). The number of halogens is 3. The number of carbonyl (C=O) groups is 1. The molecule has 3 aromatic rings. The van der Waals surface area contributed by atoms with E-state index in [-0.39, 0.29) is 0 Å². The lowest BCUT2D eigenvalue weighted by Crippen LogP contribution is -2.42. The van der Waals surface area contributed by atoms with Gasteiger partial charge in [-0.15, -0.1) is 0 Å². The van der Waals surface area contributed by atoms with E-state index in [1.54, 1.807) is 36.5 Å². The molecular formula is C19H16F3N3O3S. The van der Waals surface area contributed by atoms with Crippen molar-refractivity contribution >= 4 is 32.5 Å². The minimum Gasteiger partial charge on any atom is -0.324 e. The van der Waals surface area contributed by atoms with Crippen molar-refractivity contribution in [3.8, 4) is 0 Å². The summed E-state index contributed by atoms with van der Waals surface area (Å²) < 4.78 is 66.4. The highest BCUT2D eigenvalue weighted by Crippen LogP contribution is 2.34. The molecule has 0 saturated carbocycles. The van der Waals surface area contributed by atoms with Gasteiger partial charge in [0.05, 0.1) is 27.7 Å². The highest BCUT2D eigenvalue weighted by Gasteiger charge is 2.37. The Morgan fingerprint density at radius 3 is 2.48 bits per heavy atom. The van der Waals surface area contributed by atoms with Crippen molar-refractivity contribution in [3.63, 3.8) is 0 Å². The molecule has 6 nitrogen and oxygen atoms in total. The van der Waals surface area contributed by atoms with Gasteiger partial charge in [0.1, 0.15) is 0 Å². The van der Waals surface area contributed by atoms with Crippen LogP contribution < -0.4 is 10.0 Å². The first kappa shape index (κ1) is 20.7. The van der Waals surface area contributed by atoms with Crippen LogP contribution in [0.1, 0.15) is 12.5 Å². The molecular weight excluding hydrogens is 407 g/mol. The summed E-state index contributed by atoms with van der Waals surface area (Å²) in [5, 5.41) is 3.22. The number of nitrogens with one attached hydrogen (secondary N) is 2. The van der Waals surface area contributed by atoms with Gasteiger partial charge in [-0.2, -0.15) is 17.9 Å². The number of pyridine rings is 1.